The molecule has 0 aliphatic carbocycles. The lowest BCUT2D eigenvalue weighted by Gasteiger charge is -2.28. The highest BCUT2D eigenvalue weighted by atomic mass is 19.1. The second-order valence-electron chi connectivity index (χ2n) is 9.29. The Morgan fingerprint density at radius 3 is 2.56 bits per heavy atom. The first-order chi connectivity index (χ1) is 17.1. The fourth-order valence-corrected chi connectivity index (χ4v) is 3.60. The molecule has 2 atom stereocenters. The van der Waals surface area contributed by atoms with E-state index >= 15 is 0 Å². The van der Waals surface area contributed by atoms with E-state index in [1.807, 2.05) is 40.7 Å². The van der Waals surface area contributed by atoms with Gasteiger partial charge in [0, 0.05) is 31.1 Å². The molecule has 0 aromatic carbocycles. The number of nitrogens with one attached hydrogen (secondary N) is 2. The van der Waals surface area contributed by atoms with Gasteiger partial charge in [-0.3, -0.25) is 4.79 Å². The molecule has 0 amide bonds. The summed E-state index contributed by atoms with van der Waals surface area (Å²) in [6, 6.07) is 6.21. The van der Waals surface area contributed by atoms with E-state index in [1.54, 1.807) is 25.4 Å². The molecule has 36 heavy (non-hydrogen) atoms. The van der Waals surface area contributed by atoms with Crippen LogP contribution in [0.1, 0.15) is 59.4 Å². The standard InChI is InChI=1S/C26H36FN5O4/c1-7-17(14-23(33)36-26(3,4)5)21(8-2)31-25-20(27)13-18(16-28)24(32-25)30-19-9-10-29-22(15-19)35-12-11-34-6/h9-10,13,15,17,21H,7-8,11-12,14H2,1-6H3,(H2,29,30,31,32)/t17-,21-/m1/s1. The van der Waals surface area contributed by atoms with Crippen LogP contribution in [0.3, 0.4) is 0 Å². The minimum Gasteiger partial charge on any atom is -0.475 e. The molecular weight excluding hydrogens is 465 g/mol. The lowest BCUT2D eigenvalue weighted by Crippen LogP contribution is -2.33. The van der Waals surface area contributed by atoms with Crippen molar-refractivity contribution in [2.24, 2.45) is 5.92 Å². The van der Waals surface area contributed by atoms with E-state index in [0.717, 1.165) is 6.07 Å². The number of carbonyl (C=O) groups is 1. The van der Waals surface area contributed by atoms with Crippen LogP contribution < -0.4 is 15.4 Å². The molecule has 2 heterocycles. The third-order valence-corrected chi connectivity index (χ3v) is 5.34. The lowest BCUT2D eigenvalue weighted by molar-refractivity contribution is -0.156. The largest absolute Gasteiger partial charge is 0.475 e. The summed E-state index contributed by atoms with van der Waals surface area (Å²) in [6.45, 7) is 10.1. The monoisotopic (exact) mass is 501 g/mol. The maximum absolute atomic E-state index is 14.9. The number of ether oxygens (including phenoxy) is 3. The first kappa shape index (κ1) is 28.8. The number of nitrogens with zero attached hydrogens (tertiary/aromatic N) is 3. The van der Waals surface area contributed by atoms with E-state index in [4.69, 9.17) is 14.2 Å². The maximum atomic E-state index is 14.9. The van der Waals surface area contributed by atoms with Crippen molar-refractivity contribution in [1.29, 1.82) is 5.26 Å². The van der Waals surface area contributed by atoms with Crippen molar-refractivity contribution >= 4 is 23.3 Å². The Morgan fingerprint density at radius 2 is 1.94 bits per heavy atom. The van der Waals surface area contributed by atoms with Gasteiger partial charge >= 0.3 is 5.97 Å². The predicted molar refractivity (Wildman–Crippen MR) is 136 cm³/mol. The number of esters is 1. The van der Waals surface area contributed by atoms with Crippen molar-refractivity contribution in [1.82, 2.24) is 9.97 Å². The normalized spacial score (nSPS) is 12.8. The summed E-state index contributed by atoms with van der Waals surface area (Å²) in [4.78, 5) is 20.9. The third kappa shape index (κ3) is 8.96. The average molecular weight is 502 g/mol. The van der Waals surface area contributed by atoms with Crippen LogP contribution in [-0.2, 0) is 14.3 Å². The topological polar surface area (TPSA) is 118 Å². The van der Waals surface area contributed by atoms with Crippen LogP contribution in [0.25, 0.3) is 0 Å². The van der Waals surface area contributed by atoms with Crippen LogP contribution in [0, 0.1) is 23.1 Å². The van der Waals surface area contributed by atoms with Crippen LogP contribution in [0.4, 0.5) is 21.7 Å². The average Bonchev–Trinajstić information content (AvgIpc) is 2.82. The molecule has 0 aliphatic rings. The second-order valence-corrected chi connectivity index (χ2v) is 9.29. The van der Waals surface area contributed by atoms with Gasteiger partial charge in [-0.25, -0.2) is 14.4 Å². The van der Waals surface area contributed by atoms with E-state index < -0.39 is 11.4 Å². The number of carbonyl (C=O) groups excluding carboxylic acids is 1. The molecule has 10 heteroatoms. The van der Waals surface area contributed by atoms with Gasteiger partial charge in [0.2, 0.25) is 5.88 Å². The van der Waals surface area contributed by atoms with Crippen LogP contribution in [0.15, 0.2) is 24.4 Å². The molecule has 0 unspecified atom stereocenters. The number of pyridine rings is 2. The van der Waals surface area contributed by atoms with Crippen molar-refractivity contribution in [2.75, 3.05) is 31.0 Å². The Balaban J connectivity index is 2.24. The van der Waals surface area contributed by atoms with Gasteiger partial charge in [0.15, 0.2) is 17.5 Å². The third-order valence-electron chi connectivity index (χ3n) is 5.34. The van der Waals surface area contributed by atoms with Crippen molar-refractivity contribution in [2.45, 2.75) is 65.5 Å². The van der Waals surface area contributed by atoms with E-state index in [1.165, 1.54) is 0 Å². The molecule has 9 nitrogen and oxygen atoms in total. The first-order valence-corrected chi connectivity index (χ1v) is 12.0. The molecule has 2 aromatic heterocycles. The Labute approximate surface area is 212 Å². The molecule has 0 saturated heterocycles. The number of rotatable bonds is 13. The number of methoxy groups -OCH3 is 1. The number of hydrogen-bond acceptors (Lipinski definition) is 9. The fourth-order valence-electron chi connectivity index (χ4n) is 3.60. The van der Waals surface area contributed by atoms with Crippen LogP contribution >= 0.6 is 0 Å². The minimum absolute atomic E-state index is 0.00314. The highest BCUT2D eigenvalue weighted by Gasteiger charge is 2.26. The van der Waals surface area contributed by atoms with E-state index in [0.29, 0.717) is 37.6 Å². The van der Waals surface area contributed by atoms with E-state index in [-0.39, 0.29) is 41.5 Å². The van der Waals surface area contributed by atoms with Crippen molar-refractivity contribution in [3.63, 3.8) is 0 Å². The molecule has 0 aliphatic heterocycles. The number of nitriles is 1. The molecule has 196 valence electrons. The molecular formula is C26H36FN5O4. The number of anilines is 3. The van der Waals surface area contributed by atoms with Gasteiger partial charge in [-0.05, 0) is 45.2 Å². The molecule has 0 fully saturated rings. The smallest absolute Gasteiger partial charge is 0.306 e. The summed E-state index contributed by atoms with van der Waals surface area (Å²) in [5.41, 5.74) is 0.0426. The highest BCUT2D eigenvalue weighted by Crippen LogP contribution is 2.28. The summed E-state index contributed by atoms with van der Waals surface area (Å²) in [5, 5.41) is 15.7. The zero-order chi connectivity index (χ0) is 26.7. The van der Waals surface area contributed by atoms with Crippen molar-refractivity contribution in [3.05, 3.63) is 35.8 Å². The van der Waals surface area contributed by atoms with Gasteiger partial charge in [0.05, 0.1) is 18.6 Å². The summed E-state index contributed by atoms with van der Waals surface area (Å²) >= 11 is 0. The zero-order valence-electron chi connectivity index (χ0n) is 21.9. The molecule has 0 bridgehead atoms. The van der Waals surface area contributed by atoms with Gasteiger partial charge in [0.25, 0.3) is 0 Å². The predicted octanol–water partition coefficient (Wildman–Crippen LogP) is 5.20. The minimum atomic E-state index is -0.652. The van der Waals surface area contributed by atoms with Crippen LogP contribution in [-0.4, -0.2) is 47.9 Å². The quantitative estimate of drug-likeness (QED) is 0.282. The van der Waals surface area contributed by atoms with Gasteiger partial charge in [0.1, 0.15) is 18.3 Å². The highest BCUT2D eigenvalue weighted by molar-refractivity contribution is 5.70. The SMILES string of the molecule is CC[C@H](CC(=O)OC(C)(C)C)[C@@H](CC)Nc1nc(Nc2ccnc(OCCOC)c2)c(C#N)cc1F. The molecule has 0 saturated carbocycles. The molecule has 2 rings (SSSR count). The van der Waals surface area contributed by atoms with Crippen molar-refractivity contribution < 1.29 is 23.4 Å². The Morgan fingerprint density at radius 1 is 1.19 bits per heavy atom. The summed E-state index contributed by atoms with van der Waals surface area (Å²) in [5.74, 6) is -0.491. The Bertz CT molecular complexity index is 1050. The molecule has 0 radical (unpaired) electrons. The lowest BCUT2D eigenvalue weighted by atomic mass is 9.91. The van der Waals surface area contributed by atoms with E-state index in [9.17, 15) is 14.4 Å². The summed E-state index contributed by atoms with van der Waals surface area (Å²) in [7, 11) is 1.58. The summed E-state index contributed by atoms with van der Waals surface area (Å²) in [6.07, 6.45) is 3.08. The van der Waals surface area contributed by atoms with Gasteiger partial charge < -0.3 is 24.8 Å². The second kappa shape index (κ2) is 13.6. The number of halogens is 1. The van der Waals surface area contributed by atoms with Gasteiger partial charge in [-0.1, -0.05) is 20.3 Å². The molecule has 2 aromatic rings. The zero-order valence-corrected chi connectivity index (χ0v) is 21.9. The van der Waals surface area contributed by atoms with Crippen LogP contribution in [0.2, 0.25) is 0 Å². The Kier molecular flexibility index (Phi) is 10.9. The summed E-state index contributed by atoms with van der Waals surface area (Å²) < 4.78 is 30.9. The molecule has 2 N–H and O–H groups in total. The maximum Gasteiger partial charge on any atom is 0.306 e. The molecule has 0 spiro atoms. The number of hydrogen-bond donors (Lipinski definition) is 2. The number of aromatic nitrogens is 2. The van der Waals surface area contributed by atoms with Crippen LogP contribution in [0.5, 0.6) is 5.88 Å². The first-order valence-electron chi connectivity index (χ1n) is 12.0. The van der Waals surface area contributed by atoms with E-state index in [2.05, 4.69) is 20.6 Å². The Hall–Kier alpha value is -3.45. The van der Waals surface area contributed by atoms with Crippen molar-refractivity contribution in [3.8, 4) is 11.9 Å². The van der Waals surface area contributed by atoms with Gasteiger partial charge in [-0.2, -0.15) is 5.26 Å². The fraction of sp³-hybridized carbons (Fsp3) is 0.538. The van der Waals surface area contributed by atoms with Gasteiger partial charge in [-0.15, -0.1) is 0 Å².